The number of nitrogens with one attached hydrogen (secondary N) is 1. The Labute approximate surface area is 167 Å². The van der Waals surface area contributed by atoms with Gasteiger partial charge in [0.2, 0.25) is 0 Å². The second kappa shape index (κ2) is 16.2. The first kappa shape index (κ1) is 24.3. The molecular formula is C21H40N2O3Si. The molecule has 0 aliphatic rings. The maximum Gasteiger partial charge on any atom is 0.501 e. The molecule has 0 aliphatic carbocycles. The van der Waals surface area contributed by atoms with Gasteiger partial charge in [0, 0.05) is 39.0 Å². The van der Waals surface area contributed by atoms with Gasteiger partial charge in [0.1, 0.15) is 0 Å². The van der Waals surface area contributed by atoms with E-state index in [2.05, 4.69) is 43.4 Å². The molecule has 27 heavy (non-hydrogen) atoms. The molecule has 3 N–H and O–H groups in total. The van der Waals surface area contributed by atoms with Crippen molar-refractivity contribution in [2.75, 3.05) is 39.5 Å². The van der Waals surface area contributed by atoms with Crippen LogP contribution in [0.1, 0.15) is 51.5 Å². The molecule has 0 bridgehead atoms. The Kier molecular flexibility index (Phi) is 14.6. The van der Waals surface area contributed by atoms with Gasteiger partial charge in [-0.3, -0.25) is 0 Å². The molecule has 1 rings (SSSR count). The van der Waals surface area contributed by atoms with E-state index in [0.29, 0.717) is 26.4 Å². The molecule has 0 saturated heterocycles. The van der Waals surface area contributed by atoms with E-state index < -0.39 is 8.80 Å². The number of hydrogen-bond acceptors (Lipinski definition) is 5. The Morgan fingerprint density at radius 2 is 1.52 bits per heavy atom. The van der Waals surface area contributed by atoms with Crippen molar-refractivity contribution >= 4 is 8.80 Å². The van der Waals surface area contributed by atoms with Crippen molar-refractivity contribution in [2.24, 2.45) is 5.73 Å². The zero-order chi connectivity index (χ0) is 19.6. The van der Waals surface area contributed by atoms with Gasteiger partial charge >= 0.3 is 8.80 Å². The summed E-state index contributed by atoms with van der Waals surface area (Å²) in [7, 11) is -2.63. The fraction of sp³-hybridized carbons (Fsp3) is 0.714. The van der Waals surface area contributed by atoms with Gasteiger partial charge in [0.05, 0.1) is 0 Å². The monoisotopic (exact) mass is 396 g/mol. The molecule has 0 radical (unpaired) electrons. The molecule has 0 fully saturated rings. The molecule has 1 aromatic rings. The van der Waals surface area contributed by atoms with Crippen LogP contribution in [0.2, 0.25) is 6.04 Å². The Morgan fingerprint density at radius 1 is 0.852 bits per heavy atom. The summed E-state index contributed by atoms with van der Waals surface area (Å²) in [5, 5.41) is 3.33. The first-order valence-electron chi connectivity index (χ1n) is 10.6. The smallest absolute Gasteiger partial charge is 0.373 e. The minimum absolute atomic E-state index is 0.697. The SMILES string of the molecule is CCCO[Si](CCc1ccccc1)(OCCC)OCCCCCNCCN. The van der Waals surface area contributed by atoms with Gasteiger partial charge in [-0.25, -0.2) is 0 Å². The third kappa shape index (κ3) is 11.6. The molecule has 0 aliphatic heterocycles. The van der Waals surface area contributed by atoms with E-state index in [0.717, 1.165) is 57.7 Å². The zero-order valence-electron chi connectivity index (χ0n) is 17.4. The summed E-state index contributed by atoms with van der Waals surface area (Å²) in [4.78, 5) is 0. The van der Waals surface area contributed by atoms with E-state index in [1.807, 2.05) is 6.07 Å². The van der Waals surface area contributed by atoms with Crippen LogP contribution in [-0.4, -0.2) is 48.3 Å². The van der Waals surface area contributed by atoms with Gasteiger partial charge in [0.15, 0.2) is 0 Å². The average molecular weight is 397 g/mol. The Morgan fingerprint density at radius 3 is 2.15 bits per heavy atom. The highest BCUT2D eigenvalue weighted by molar-refractivity contribution is 6.60. The van der Waals surface area contributed by atoms with Crippen LogP contribution in [0.5, 0.6) is 0 Å². The number of unbranched alkanes of at least 4 members (excludes halogenated alkanes) is 2. The molecular weight excluding hydrogens is 356 g/mol. The summed E-state index contributed by atoms with van der Waals surface area (Å²) in [6, 6.07) is 11.4. The standard InChI is InChI=1S/C21H40N2O3Si/c1-3-17-24-27(25-18-4-2,20-13-21-11-7-5-8-12-21)26-19-10-6-9-15-23-16-14-22/h5,7-8,11-12,23H,3-4,6,9-10,13-20,22H2,1-2H3. The number of hydrogen-bond donors (Lipinski definition) is 2. The van der Waals surface area contributed by atoms with Crippen LogP contribution in [0, 0.1) is 0 Å². The molecule has 0 atom stereocenters. The minimum atomic E-state index is -2.63. The molecule has 0 heterocycles. The predicted molar refractivity (Wildman–Crippen MR) is 115 cm³/mol. The second-order valence-electron chi connectivity index (χ2n) is 6.81. The summed E-state index contributed by atoms with van der Waals surface area (Å²) in [6.07, 6.45) is 6.21. The second-order valence-corrected chi connectivity index (χ2v) is 9.55. The number of nitrogens with two attached hydrogens (primary N) is 1. The lowest BCUT2D eigenvalue weighted by atomic mass is 10.2. The molecule has 6 heteroatoms. The van der Waals surface area contributed by atoms with Crippen LogP contribution in [0.15, 0.2) is 30.3 Å². The van der Waals surface area contributed by atoms with E-state index >= 15 is 0 Å². The van der Waals surface area contributed by atoms with Gasteiger partial charge in [-0.2, -0.15) is 0 Å². The topological polar surface area (TPSA) is 65.7 Å². The summed E-state index contributed by atoms with van der Waals surface area (Å²) in [6.45, 7) is 8.98. The molecule has 0 amide bonds. The van der Waals surface area contributed by atoms with Crippen molar-refractivity contribution in [2.45, 2.75) is 58.4 Å². The Hall–Kier alpha value is -0.763. The predicted octanol–water partition coefficient (Wildman–Crippen LogP) is 3.76. The lowest BCUT2D eigenvalue weighted by Gasteiger charge is -2.30. The highest BCUT2D eigenvalue weighted by atomic mass is 28.4. The van der Waals surface area contributed by atoms with E-state index in [9.17, 15) is 0 Å². The van der Waals surface area contributed by atoms with E-state index in [1.165, 1.54) is 5.56 Å². The quantitative estimate of drug-likeness (QED) is 0.292. The minimum Gasteiger partial charge on any atom is -0.373 e. The Bertz CT molecular complexity index is 440. The normalized spacial score (nSPS) is 11.8. The van der Waals surface area contributed by atoms with Gasteiger partial charge in [-0.05, 0) is 50.6 Å². The number of aryl methyl sites for hydroxylation is 1. The average Bonchev–Trinajstić information content (AvgIpc) is 2.71. The van der Waals surface area contributed by atoms with Crippen LogP contribution in [0.25, 0.3) is 0 Å². The molecule has 0 unspecified atom stereocenters. The first-order valence-corrected chi connectivity index (χ1v) is 12.6. The fourth-order valence-electron chi connectivity index (χ4n) is 2.78. The third-order valence-electron chi connectivity index (χ3n) is 4.26. The summed E-state index contributed by atoms with van der Waals surface area (Å²) in [5.74, 6) is 0. The lowest BCUT2D eigenvalue weighted by molar-refractivity contribution is 0.0580. The molecule has 5 nitrogen and oxygen atoms in total. The summed E-state index contributed by atoms with van der Waals surface area (Å²) in [5.41, 5.74) is 6.79. The van der Waals surface area contributed by atoms with Crippen molar-refractivity contribution in [1.82, 2.24) is 5.32 Å². The van der Waals surface area contributed by atoms with Crippen molar-refractivity contribution in [3.63, 3.8) is 0 Å². The highest BCUT2D eigenvalue weighted by Gasteiger charge is 2.40. The fourth-order valence-corrected chi connectivity index (χ4v) is 5.55. The molecule has 0 aromatic heterocycles. The van der Waals surface area contributed by atoms with Crippen molar-refractivity contribution in [3.05, 3.63) is 35.9 Å². The zero-order valence-corrected chi connectivity index (χ0v) is 18.4. The van der Waals surface area contributed by atoms with Crippen LogP contribution in [0.4, 0.5) is 0 Å². The van der Waals surface area contributed by atoms with Crippen LogP contribution in [0.3, 0.4) is 0 Å². The molecule has 156 valence electrons. The van der Waals surface area contributed by atoms with E-state index in [1.54, 1.807) is 0 Å². The Balaban J connectivity index is 2.50. The van der Waals surface area contributed by atoms with Gasteiger partial charge in [0.25, 0.3) is 0 Å². The van der Waals surface area contributed by atoms with E-state index in [-0.39, 0.29) is 0 Å². The molecule has 0 spiro atoms. The van der Waals surface area contributed by atoms with Crippen LogP contribution >= 0.6 is 0 Å². The maximum absolute atomic E-state index is 6.34. The molecule has 0 saturated carbocycles. The van der Waals surface area contributed by atoms with Crippen LogP contribution in [-0.2, 0) is 19.7 Å². The van der Waals surface area contributed by atoms with Crippen molar-refractivity contribution in [3.8, 4) is 0 Å². The van der Waals surface area contributed by atoms with Crippen molar-refractivity contribution in [1.29, 1.82) is 0 Å². The largest absolute Gasteiger partial charge is 0.501 e. The number of rotatable bonds is 18. The lowest BCUT2D eigenvalue weighted by Crippen LogP contribution is -2.47. The van der Waals surface area contributed by atoms with Crippen molar-refractivity contribution < 1.29 is 13.3 Å². The summed E-state index contributed by atoms with van der Waals surface area (Å²) < 4.78 is 18.8. The number of benzene rings is 1. The summed E-state index contributed by atoms with van der Waals surface area (Å²) >= 11 is 0. The molecule has 1 aromatic carbocycles. The van der Waals surface area contributed by atoms with E-state index in [4.69, 9.17) is 19.0 Å². The highest BCUT2D eigenvalue weighted by Crippen LogP contribution is 2.21. The van der Waals surface area contributed by atoms with Gasteiger partial charge < -0.3 is 24.3 Å². The maximum atomic E-state index is 6.34. The van der Waals surface area contributed by atoms with Gasteiger partial charge in [-0.1, -0.05) is 44.2 Å². The first-order chi connectivity index (χ1) is 13.3. The van der Waals surface area contributed by atoms with Gasteiger partial charge in [-0.15, -0.1) is 0 Å². The third-order valence-corrected chi connectivity index (χ3v) is 7.05. The van der Waals surface area contributed by atoms with Crippen LogP contribution < -0.4 is 11.1 Å².